The molecule has 2 amide bonds. The van der Waals surface area contributed by atoms with E-state index in [1.807, 2.05) is 13.0 Å². The molecule has 3 unspecified atom stereocenters. The average Bonchev–Trinajstić information content (AvgIpc) is 3.15. The molecule has 1 aromatic rings. The standard InChI is InChI=1S/C27H30F6N2O2/c1-24-11-9-17-15(4-8-21-25(17,2)12-10-22(36)35-21)16(24)6-7-19(24)23(37)34-20-13-14(26(28,29)30)3-5-18(20)27(31,32)33/h3,5,10,12-13,15-17,19,21H,4,6-9,11H2,1-2H3,(H,34,37)(H,35,36)/t15?,16?,17-,19+,21?,24-,25+/m0/s1. The number of hydrogen-bond acceptors (Lipinski definition) is 2. The summed E-state index contributed by atoms with van der Waals surface area (Å²) in [7, 11) is 0. The molecule has 10 heteroatoms. The Morgan fingerprint density at radius 3 is 2.38 bits per heavy atom. The number of amides is 2. The van der Waals surface area contributed by atoms with Crippen molar-refractivity contribution in [2.24, 2.45) is 34.5 Å². The Morgan fingerprint density at radius 1 is 0.973 bits per heavy atom. The molecule has 4 nitrogen and oxygen atoms in total. The molecule has 3 saturated carbocycles. The smallest absolute Gasteiger partial charge is 0.349 e. The van der Waals surface area contributed by atoms with E-state index in [-0.39, 0.29) is 23.3 Å². The van der Waals surface area contributed by atoms with Gasteiger partial charge in [-0.25, -0.2) is 0 Å². The van der Waals surface area contributed by atoms with Gasteiger partial charge < -0.3 is 10.6 Å². The lowest BCUT2D eigenvalue weighted by atomic mass is 9.48. The number of carbonyl (C=O) groups excluding carboxylic acids is 2. The summed E-state index contributed by atoms with van der Waals surface area (Å²) in [5.41, 5.74) is -4.06. The molecule has 4 aliphatic rings. The van der Waals surface area contributed by atoms with E-state index in [1.54, 1.807) is 6.08 Å². The van der Waals surface area contributed by atoms with E-state index in [2.05, 4.69) is 17.6 Å². The first-order chi connectivity index (χ1) is 17.1. The van der Waals surface area contributed by atoms with Gasteiger partial charge in [-0.2, -0.15) is 26.3 Å². The van der Waals surface area contributed by atoms with Crippen molar-refractivity contribution in [3.63, 3.8) is 0 Å². The Labute approximate surface area is 211 Å². The highest BCUT2D eigenvalue weighted by atomic mass is 19.4. The average molecular weight is 529 g/mol. The zero-order valence-corrected chi connectivity index (χ0v) is 20.6. The highest BCUT2D eigenvalue weighted by Crippen LogP contribution is 2.65. The first-order valence-corrected chi connectivity index (χ1v) is 12.7. The molecule has 2 N–H and O–H groups in total. The van der Waals surface area contributed by atoms with Gasteiger partial charge in [0, 0.05) is 17.4 Å². The van der Waals surface area contributed by atoms with Gasteiger partial charge in [-0.3, -0.25) is 9.59 Å². The van der Waals surface area contributed by atoms with Gasteiger partial charge in [-0.05, 0) is 86.0 Å². The summed E-state index contributed by atoms with van der Waals surface area (Å²) >= 11 is 0. The molecular formula is C27H30F6N2O2. The molecule has 202 valence electrons. The maximum Gasteiger partial charge on any atom is 0.418 e. The molecule has 1 aliphatic heterocycles. The minimum atomic E-state index is -4.91. The number of hydrogen-bond donors (Lipinski definition) is 2. The van der Waals surface area contributed by atoms with Gasteiger partial charge in [0.2, 0.25) is 11.8 Å². The highest BCUT2D eigenvalue weighted by Gasteiger charge is 2.61. The molecule has 0 saturated heterocycles. The first kappa shape index (κ1) is 26.1. The van der Waals surface area contributed by atoms with Crippen molar-refractivity contribution in [1.29, 1.82) is 0 Å². The maximum absolute atomic E-state index is 13.6. The van der Waals surface area contributed by atoms with Crippen molar-refractivity contribution in [2.75, 3.05) is 5.32 Å². The third-order valence-corrected chi connectivity index (χ3v) is 9.91. The van der Waals surface area contributed by atoms with E-state index in [9.17, 15) is 35.9 Å². The van der Waals surface area contributed by atoms with Crippen LogP contribution in [0, 0.1) is 34.5 Å². The van der Waals surface area contributed by atoms with Crippen LogP contribution in [0.15, 0.2) is 30.4 Å². The van der Waals surface area contributed by atoms with Crippen LogP contribution in [0.3, 0.4) is 0 Å². The fraction of sp³-hybridized carbons (Fsp3) is 0.630. The van der Waals surface area contributed by atoms with Crippen LogP contribution >= 0.6 is 0 Å². The van der Waals surface area contributed by atoms with Crippen molar-refractivity contribution < 1.29 is 35.9 Å². The van der Waals surface area contributed by atoms with Gasteiger partial charge >= 0.3 is 12.4 Å². The fourth-order valence-corrected chi connectivity index (χ4v) is 8.06. The monoisotopic (exact) mass is 528 g/mol. The SMILES string of the molecule is C[C@]12C=CC(=O)NC1CCC1C3CC[C@H](C(=O)Nc4cc(C(F)(F)F)ccc4C(F)(F)F)[C@@]3(C)CC[C@@H]12. The lowest BCUT2D eigenvalue weighted by molar-refractivity contribution is -0.141. The largest absolute Gasteiger partial charge is 0.418 e. The quantitative estimate of drug-likeness (QED) is 0.427. The number of alkyl halides is 6. The van der Waals surface area contributed by atoms with Crippen molar-refractivity contribution >= 4 is 17.5 Å². The molecular weight excluding hydrogens is 498 g/mol. The fourth-order valence-electron chi connectivity index (χ4n) is 8.06. The van der Waals surface area contributed by atoms with Gasteiger partial charge in [0.05, 0.1) is 16.8 Å². The lowest BCUT2D eigenvalue weighted by Crippen LogP contribution is -2.59. The summed E-state index contributed by atoms with van der Waals surface area (Å²) in [4.78, 5) is 25.3. The minimum absolute atomic E-state index is 0.0535. The molecule has 37 heavy (non-hydrogen) atoms. The van der Waals surface area contributed by atoms with Crippen LogP contribution in [-0.4, -0.2) is 17.9 Å². The summed E-state index contributed by atoms with van der Waals surface area (Å²) in [5.74, 6) is -0.555. The van der Waals surface area contributed by atoms with Crippen LogP contribution in [0.1, 0.15) is 63.5 Å². The molecule has 0 bridgehead atoms. The second kappa shape index (κ2) is 8.50. The molecule has 3 aliphatic carbocycles. The normalized spacial score (nSPS) is 37.3. The Bertz CT molecular complexity index is 1140. The predicted octanol–water partition coefficient (Wildman–Crippen LogP) is 6.58. The van der Waals surface area contributed by atoms with Gasteiger partial charge in [-0.1, -0.05) is 19.9 Å². The first-order valence-electron chi connectivity index (χ1n) is 12.7. The maximum atomic E-state index is 13.6. The molecule has 0 radical (unpaired) electrons. The van der Waals surface area contributed by atoms with Gasteiger partial charge in [0.15, 0.2) is 0 Å². The molecule has 5 rings (SSSR count). The summed E-state index contributed by atoms with van der Waals surface area (Å²) in [6, 6.07) is 1.18. The molecule has 3 fully saturated rings. The minimum Gasteiger partial charge on any atom is -0.349 e. The zero-order valence-electron chi connectivity index (χ0n) is 20.6. The topological polar surface area (TPSA) is 58.2 Å². The van der Waals surface area contributed by atoms with Crippen LogP contribution in [-0.2, 0) is 21.9 Å². The number of carbonyl (C=O) groups is 2. The van der Waals surface area contributed by atoms with Crippen molar-refractivity contribution in [2.45, 2.75) is 70.8 Å². The van der Waals surface area contributed by atoms with Crippen LogP contribution in [0.5, 0.6) is 0 Å². The van der Waals surface area contributed by atoms with Crippen molar-refractivity contribution in [1.82, 2.24) is 5.32 Å². The van der Waals surface area contributed by atoms with Gasteiger partial charge in [0.25, 0.3) is 0 Å². The third-order valence-electron chi connectivity index (χ3n) is 9.91. The van der Waals surface area contributed by atoms with Crippen LogP contribution in [0.4, 0.5) is 32.0 Å². The second-order valence-corrected chi connectivity index (χ2v) is 11.6. The Balaban J connectivity index is 1.40. The van der Waals surface area contributed by atoms with E-state index >= 15 is 0 Å². The lowest BCUT2D eigenvalue weighted by Gasteiger charge is -2.58. The van der Waals surface area contributed by atoms with E-state index in [1.165, 1.54) is 0 Å². The van der Waals surface area contributed by atoms with E-state index in [0.29, 0.717) is 42.9 Å². The Hall–Kier alpha value is -2.52. The summed E-state index contributed by atoms with van der Waals surface area (Å²) in [6.07, 6.45) is -1.73. The van der Waals surface area contributed by atoms with E-state index in [4.69, 9.17) is 0 Å². The summed E-state index contributed by atoms with van der Waals surface area (Å²) < 4.78 is 80.4. The Kier molecular flexibility index (Phi) is 5.99. The van der Waals surface area contributed by atoms with Crippen LogP contribution in [0.2, 0.25) is 0 Å². The third kappa shape index (κ3) is 4.24. The number of fused-ring (bicyclic) bond motifs is 5. The van der Waals surface area contributed by atoms with Crippen LogP contribution in [0.25, 0.3) is 0 Å². The van der Waals surface area contributed by atoms with Gasteiger partial charge in [-0.15, -0.1) is 0 Å². The molecule has 1 heterocycles. The number of benzene rings is 1. The number of halogens is 6. The van der Waals surface area contributed by atoms with Crippen molar-refractivity contribution in [3.8, 4) is 0 Å². The molecule has 0 spiro atoms. The van der Waals surface area contributed by atoms with Crippen LogP contribution < -0.4 is 10.6 Å². The Morgan fingerprint density at radius 2 is 1.70 bits per heavy atom. The number of rotatable bonds is 2. The molecule has 1 aromatic carbocycles. The summed E-state index contributed by atoms with van der Waals surface area (Å²) in [6.45, 7) is 4.17. The van der Waals surface area contributed by atoms with Gasteiger partial charge in [0.1, 0.15) is 0 Å². The van der Waals surface area contributed by atoms with Crippen molar-refractivity contribution in [3.05, 3.63) is 41.5 Å². The molecule has 0 aromatic heterocycles. The van der Waals surface area contributed by atoms with E-state index in [0.717, 1.165) is 25.7 Å². The number of anilines is 1. The number of nitrogens with one attached hydrogen (secondary N) is 2. The zero-order chi connectivity index (χ0) is 27.0. The second-order valence-electron chi connectivity index (χ2n) is 11.6. The highest BCUT2D eigenvalue weighted by molar-refractivity contribution is 5.94. The molecule has 7 atom stereocenters. The van der Waals surface area contributed by atoms with E-state index < -0.39 is 46.4 Å². The summed E-state index contributed by atoms with van der Waals surface area (Å²) in [5, 5.41) is 5.33. The predicted molar refractivity (Wildman–Crippen MR) is 124 cm³/mol.